The van der Waals surface area contributed by atoms with E-state index in [0.717, 1.165) is 42.0 Å². The van der Waals surface area contributed by atoms with Gasteiger partial charge in [0.15, 0.2) is 0 Å². The number of carbonyl (C=O) groups excluding carboxylic acids is 1. The molecule has 0 bridgehead atoms. The summed E-state index contributed by atoms with van der Waals surface area (Å²) in [5, 5.41) is 4.23. The van der Waals surface area contributed by atoms with Gasteiger partial charge < -0.3 is 0 Å². The molecule has 1 saturated carbocycles. The molecule has 1 fully saturated rings. The molecule has 6 nitrogen and oxygen atoms in total. The van der Waals surface area contributed by atoms with Crippen molar-refractivity contribution in [1.29, 1.82) is 0 Å². The van der Waals surface area contributed by atoms with E-state index in [-0.39, 0.29) is 12.0 Å². The Bertz CT molecular complexity index is 806. The first kappa shape index (κ1) is 21.9. The summed E-state index contributed by atoms with van der Waals surface area (Å²) in [5.41, 5.74) is 4.20. The highest BCUT2D eigenvalue weighted by Gasteiger charge is 2.28. The number of nitrogens with zero attached hydrogens (tertiary/aromatic N) is 2. The van der Waals surface area contributed by atoms with Gasteiger partial charge in [0.2, 0.25) is 10.0 Å². The summed E-state index contributed by atoms with van der Waals surface area (Å²) in [4.78, 5) is 12.3. The maximum absolute atomic E-state index is 12.3. The first-order valence-electron chi connectivity index (χ1n) is 9.05. The van der Waals surface area contributed by atoms with Crippen LogP contribution in [0.25, 0.3) is 0 Å². The van der Waals surface area contributed by atoms with E-state index in [1.54, 1.807) is 24.3 Å². The number of halogens is 1. The average Bonchev–Trinajstić information content (AvgIpc) is 2.57. The van der Waals surface area contributed by atoms with Crippen LogP contribution in [0.1, 0.15) is 46.5 Å². The molecule has 0 atom stereocenters. The molecule has 1 aliphatic carbocycles. The van der Waals surface area contributed by atoms with Crippen LogP contribution in [-0.4, -0.2) is 32.8 Å². The monoisotopic (exact) mass is 457 g/mol. The van der Waals surface area contributed by atoms with Gasteiger partial charge in [-0.05, 0) is 65.1 Å². The second-order valence-corrected chi connectivity index (χ2v) is 10.8. The van der Waals surface area contributed by atoms with Gasteiger partial charge in [-0.2, -0.15) is 5.10 Å². The molecule has 8 heteroatoms. The fourth-order valence-corrected chi connectivity index (χ4v) is 4.76. The number of amides is 1. The van der Waals surface area contributed by atoms with E-state index in [2.05, 4.69) is 47.2 Å². The van der Waals surface area contributed by atoms with Crippen molar-refractivity contribution in [3.63, 3.8) is 0 Å². The Morgan fingerprint density at radius 3 is 2.37 bits per heavy atom. The Morgan fingerprint density at radius 2 is 1.85 bits per heavy atom. The van der Waals surface area contributed by atoms with Gasteiger partial charge in [0, 0.05) is 10.2 Å². The summed E-state index contributed by atoms with van der Waals surface area (Å²) >= 11 is 3.34. The third-order valence-electron chi connectivity index (χ3n) is 4.93. The minimum absolute atomic E-state index is 0.286. The lowest BCUT2D eigenvalue weighted by atomic mass is 9.72. The minimum Gasteiger partial charge on any atom is -0.271 e. The molecule has 1 aromatic carbocycles. The van der Waals surface area contributed by atoms with Crippen molar-refractivity contribution in [2.24, 2.45) is 16.4 Å². The number of sulfonamides is 1. The first-order chi connectivity index (χ1) is 12.5. The molecule has 150 valence electrons. The molecule has 0 aromatic heterocycles. The van der Waals surface area contributed by atoms with Gasteiger partial charge in [-0.3, -0.25) is 9.10 Å². The third-order valence-corrected chi connectivity index (χ3v) is 6.73. The Kier molecular flexibility index (Phi) is 7.08. The number of carbonyl (C=O) groups is 1. The van der Waals surface area contributed by atoms with Crippen LogP contribution >= 0.6 is 15.9 Å². The van der Waals surface area contributed by atoms with E-state index in [0.29, 0.717) is 16.1 Å². The lowest BCUT2D eigenvalue weighted by molar-refractivity contribution is -0.119. The number of hydrogen-bond acceptors (Lipinski definition) is 4. The Balaban J connectivity index is 2.00. The topological polar surface area (TPSA) is 78.8 Å². The number of hydrogen-bond donors (Lipinski definition) is 1. The second-order valence-electron chi connectivity index (χ2n) is 8.07. The third kappa shape index (κ3) is 6.31. The average molecular weight is 458 g/mol. The smallest absolute Gasteiger partial charge is 0.260 e. The van der Waals surface area contributed by atoms with Crippen molar-refractivity contribution >= 4 is 43.3 Å². The van der Waals surface area contributed by atoms with E-state index < -0.39 is 15.9 Å². The molecule has 1 aromatic rings. The van der Waals surface area contributed by atoms with E-state index in [9.17, 15) is 13.2 Å². The summed E-state index contributed by atoms with van der Waals surface area (Å²) in [6.45, 7) is 6.44. The predicted octanol–water partition coefficient (Wildman–Crippen LogP) is 3.92. The minimum atomic E-state index is -3.61. The molecule has 0 saturated heterocycles. The van der Waals surface area contributed by atoms with Crippen molar-refractivity contribution in [3.8, 4) is 0 Å². The van der Waals surface area contributed by atoms with Crippen molar-refractivity contribution in [3.05, 3.63) is 28.7 Å². The van der Waals surface area contributed by atoms with Crippen molar-refractivity contribution in [2.75, 3.05) is 17.1 Å². The molecular formula is C19H28BrN3O3S. The number of anilines is 1. The lowest BCUT2D eigenvalue weighted by Crippen LogP contribution is -2.39. The summed E-state index contributed by atoms with van der Waals surface area (Å²) in [6.07, 6.45) is 4.93. The predicted molar refractivity (Wildman–Crippen MR) is 113 cm³/mol. The molecular weight excluding hydrogens is 430 g/mol. The van der Waals surface area contributed by atoms with Gasteiger partial charge in [0.25, 0.3) is 5.91 Å². The fraction of sp³-hybridized carbons (Fsp3) is 0.579. The first-order valence-corrected chi connectivity index (χ1v) is 11.7. The largest absolute Gasteiger partial charge is 0.271 e. The number of para-hydroxylation sites is 1. The maximum atomic E-state index is 12.3. The molecule has 1 N–H and O–H groups in total. The Hall–Kier alpha value is -1.41. The van der Waals surface area contributed by atoms with Gasteiger partial charge in [-0.15, -0.1) is 0 Å². The summed E-state index contributed by atoms with van der Waals surface area (Å²) < 4.78 is 26.0. The van der Waals surface area contributed by atoms with Gasteiger partial charge in [0.1, 0.15) is 6.54 Å². The van der Waals surface area contributed by atoms with Crippen LogP contribution in [0.4, 0.5) is 5.69 Å². The highest BCUT2D eigenvalue weighted by atomic mass is 79.9. The van der Waals surface area contributed by atoms with Gasteiger partial charge >= 0.3 is 0 Å². The van der Waals surface area contributed by atoms with Crippen LogP contribution < -0.4 is 9.73 Å². The zero-order valence-corrected chi connectivity index (χ0v) is 18.7. The van der Waals surface area contributed by atoms with Crippen LogP contribution in [0.5, 0.6) is 0 Å². The molecule has 0 radical (unpaired) electrons. The van der Waals surface area contributed by atoms with E-state index >= 15 is 0 Å². The van der Waals surface area contributed by atoms with Gasteiger partial charge in [-0.25, -0.2) is 13.8 Å². The molecule has 27 heavy (non-hydrogen) atoms. The van der Waals surface area contributed by atoms with Crippen LogP contribution in [0.2, 0.25) is 0 Å². The number of hydrazone groups is 1. The van der Waals surface area contributed by atoms with Gasteiger partial charge in [0.05, 0.1) is 11.9 Å². The van der Waals surface area contributed by atoms with E-state index in [4.69, 9.17) is 0 Å². The van der Waals surface area contributed by atoms with Crippen molar-refractivity contribution in [2.45, 2.75) is 46.5 Å². The molecule has 1 amide bonds. The zero-order chi connectivity index (χ0) is 20.2. The van der Waals surface area contributed by atoms with Crippen molar-refractivity contribution < 1.29 is 13.2 Å². The van der Waals surface area contributed by atoms with Crippen molar-refractivity contribution in [1.82, 2.24) is 5.43 Å². The second kappa shape index (κ2) is 8.73. The summed E-state index contributed by atoms with van der Waals surface area (Å²) in [7, 11) is -3.61. The highest BCUT2D eigenvalue weighted by molar-refractivity contribution is 9.10. The van der Waals surface area contributed by atoms with Crippen LogP contribution in [0, 0.1) is 11.3 Å². The molecule has 2 rings (SSSR count). The lowest BCUT2D eigenvalue weighted by Gasteiger charge is -2.34. The maximum Gasteiger partial charge on any atom is 0.260 e. The molecule has 0 spiro atoms. The Labute approximate surface area is 170 Å². The quantitative estimate of drug-likeness (QED) is 0.680. The number of nitrogens with one attached hydrogen (secondary N) is 1. The Morgan fingerprint density at radius 1 is 1.26 bits per heavy atom. The summed E-state index contributed by atoms with van der Waals surface area (Å²) in [5.74, 6) is 0.199. The molecule has 1 aliphatic rings. The molecule has 0 heterocycles. The standard InChI is InChI=1S/C19H28BrN3O3S/c1-19(2,3)14-9-11-15(12-10-14)21-22-18(24)13-23(27(4,25)26)17-8-6-5-7-16(17)20/h5-8,14H,9-13H2,1-4H3,(H,22,24). The van der Waals surface area contributed by atoms with E-state index in [1.807, 2.05) is 0 Å². The fourth-order valence-electron chi connectivity index (χ4n) is 3.27. The number of rotatable bonds is 5. The highest BCUT2D eigenvalue weighted by Crippen LogP contribution is 2.36. The normalized spacial score (nSPS) is 18.1. The zero-order valence-electron chi connectivity index (χ0n) is 16.3. The van der Waals surface area contributed by atoms with Crippen LogP contribution in [-0.2, 0) is 14.8 Å². The van der Waals surface area contributed by atoms with Crippen LogP contribution in [0.15, 0.2) is 33.8 Å². The molecule has 0 aliphatic heterocycles. The van der Waals surface area contributed by atoms with Gasteiger partial charge in [-0.1, -0.05) is 32.9 Å². The van der Waals surface area contributed by atoms with Crippen LogP contribution in [0.3, 0.4) is 0 Å². The molecule has 0 unspecified atom stereocenters. The SMILES string of the molecule is CC(C)(C)C1CCC(=NNC(=O)CN(c2ccccc2Br)S(C)(=O)=O)CC1. The van der Waals surface area contributed by atoms with E-state index in [1.165, 1.54) is 0 Å². The number of benzene rings is 1. The summed E-state index contributed by atoms with van der Waals surface area (Å²) in [6, 6.07) is 6.90.